The fourth-order valence-corrected chi connectivity index (χ4v) is 4.35. The van der Waals surface area contributed by atoms with Crippen LogP contribution in [0.1, 0.15) is 33.6 Å². The van der Waals surface area contributed by atoms with Crippen LogP contribution in [0.4, 0.5) is 25.1 Å². The van der Waals surface area contributed by atoms with Crippen LogP contribution in [0.5, 0.6) is 11.6 Å². The quantitative estimate of drug-likeness (QED) is 0.447. The van der Waals surface area contributed by atoms with Crippen molar-refractivity contribution in [3.8, 4) is 11.6 Å². The number of nitrogens with one attached hydrogen (secondary N) is 1. The fraction of sp³-hybridized carbons (Fsp3) is 0.481. The molecule has 0 spiro atoms. The molecular formula is C27H31F2N5O5. The van der Waals surface area contributed by atoms with E-state index in [9.17, 15) is 13.6 Å². The van der Waals surface area contributed by atoms with Gasteiger partial charge < -0.3 is 29.2 Å². The lowest BCUT2D eigenvalue weighted by Gasteiger charge is -2.24. The first-order chi connectivity index (χ1) is 18.6. The molecule has 0 unspecified atom stereocenters. The number of carbonyl (C=O) groups excluding carboxylic acids is 1. The van der Waals surface area contributed by atoms with E-state index in [1.807, 2.05) is 20.8 Å². The van der Waals surface area contributed by atoms with Gasteiger partial charge in [-0.05, 0) is 33.3 Å². The van der Waals surface area contributed by atoms with Crippen LogP contribution in [-0.2, 0) is 9.47 Å². The highest BCUT2D eigenvalue weighted by molar-refractivity contribution is 5.87. The SMILES string of the molecule is CC(C)(C)OC(=O)N1CC[C@H](Oc2ccc3ncnc(Nc4cc(F)c(OC[C@@H]5CCOC5)cc4F)c3n2)C1. The molecule has 2 atom stereocenters. The molecule has 12 heteroatoms. The van der Waals surface area contributed by atoms with E-state index < -0.39 is 23.3 Å². The Labute approximate surface area is 224 Å². The molecule has 2 saturated heterocycles. The zero-order valence-electron chi connectivity index (χ0n) is 22.1. The Hall–Kier alpha value is -3.80. The standard InChI is InChI=1S/C27H31F2N5O5/c1-27(2,3)39-26(35)34-8-6-17(12-34)38-23-5-4-20-24(33-23)25(31-15-30-20)32-21-10-19(29)22(11-18(21)28)37-14-16-7-9-36-13-16/h4-5,10-11,15-17H,6-9,12-14H2,1-3H3,(H,30,31,32)/t16-,17+/m1/s1. The lowest BCUT2D eigenvalue weighted by atomic mass is 10.1. The highest BCUT2D eigenvalue weighted by Gasteiger charge is 2.31. The average Bonchev–Trinajstić information content (AvgIpc) is 3.57. The minimum Gasteiger partial charge on any atom is -0.490 e. The summed E-state index contributed by atoms with van der Waals surface area (Å²) in [4.78, 5) is 26.9. The summed E-state index contributed by atoms with van der Waals surface area (Å²) in [6, 6.07) is 5.39. The van der Waals surface area contributed by atoms with Crippen molar-refractivity contribution in [2.24, 2.45) is 5.92 Å². The van der Waals surface area contributed by atoms with Crippen molar-refractivity contribution in [3.05, 3.63) is 42.2 Å². The molecule has 2 aromatic heterocycles. The molecule has 2 aliphatic rings. The van der Waals surface area contributed by atoms with E-state index in [-0.39, 0.29) is 35.9 Å². The zero-order chi connectivity index (χ0) is 27.6. The molecule has 10 nitrogen and oxygen atoms in total. The Kier molecular flexibility index (Phi) is 7.65. The maximum atomic E-state index is 14.9. The van der Waals surface area contributed by atoms with Crippen molar-refractivity contribution in [1.82, 2.24) is 19.9 Å². The Morgan fingerprint density at radius 2 is 2.03 bits per heavy atom. The monoisotopic (exact) mass is 543 g/mol. The summed E-state index contributed by atoms with van der Waals surface area (Å²) < 4.78 is 51.9. The summed E-state index contributed by atoms with van der Waals surface area (Å²) >= 11 is 0. The van der Waals surface area contributed by atoms with Gasteiger partial charge in [0.25, 0.3) is 0 Å². The van der Waals surface area contributed by atoms with Crippen molar-refractivity contribution in [2.75, 3.05) is 38.2 Å². The van der Waals surface area contributed by atoms with E-state index in [0.29, 0.717) is 49.6 Å². The van der Waals surface area contributed by atoms with Gasteiger partial charge in [-0.15, -0.1) is 0 Å². The smallest absolute Gasteiger partial charge is 0.410 e. The summed E-state index contributed by atoms with van der Waals surface area (Å²) in [6.45, 7) is 7.76. The van der Waals surface area contributed by atoms with E-state index in [1.54, 1.807) is 17.0 Å². The molecule has 4 heterocycles. The van der Waals surface area contributed by atoms with Crippen LogP contribution in [-0.4, -0.2) is 70.6 Å². The van der Waals surface area contributed by atoms with Gasteiger partial charge in [-0.1, -0.05) is 0 Å². The average molecular weight is 544 g/mol. The number of anilines is 2. The van der Waals surface area contributed by atoms with Crippen molar-refractivity contribution >= 4 is 28.6 Å². The molecule has 1 amide bonds. The summed E-state index contributed by atoms with van der Waals surface area (Å²) in [7, 11) is 0. The minimum atomic E-state index is -0.707. The summed E-state index contributed by atoms with van der Waals surface area (Å²) in [6.07, 6.45) is 2.07. The lowest BCUT2D eigenvalue weighted by Crippen LogP contribution is -2.36. The number of aromatic nitrogens is 3. The number of amides is 1. The predicted octanol–water partition coefficient (Wildman–Crippen LogP) is 4.85. The van der Waals surface area contributed by atoms with Gasteiger partial charge in [0, 0.05) is 43.7 Å². The summed E-state index contributed by atoms with van der Waals surface area (Å²) in [5.74, 6) is -0.941. The van der Waals surface area contributed by atoms with E-state index in [0.717, 1.165) is 18.6 Å². The van der Waals surface area contributed by atoms with Gasteiger partial charge in [-0.3, -0.25) is 0 Å². The second-order valence-electron chi connectivity index (χ2n) is 10.6. The van der Waals surface area contributed by atoms with Gasteiger partial charge in [0.2, 0.25) is 5.88 Å². The van der Waals surface area contributed by atoms with Crippen LogP contribution in [0, 0.1) is 17.6 Å². The number of hydrogen-bond donors (Lipinski definition) is 1. The maximum absolute atomic E-state index is 14.9. The van der Waals surface area contributed by atoms with Crippen molar-refractivity contribution in [3.63, 3.8) is 0 Å². The molecule has 2 aliphatic heterocycles. The van der Waals surface area contributed by atoms with Gasteiger partial charge in [0.05, 0.1) is 31.0 Å². The molecule has 1 aromatic carbocycles. The van der Waals surface area contributed by atoms with Crippen LogP contribution in [0.2, 0.25) is 0 Å². The van der Waals surface area contributed by atoms with Crippen LogP contribution in [0.15, 0.2) is 30.6 Å². The molecule has 5 rings (SSSR count). The number of rotatable bonds is 7. The third kappa shape index (κ3) is 6.62. The highest BCUT2D eigenvalue weighted by atomic mass is 19.1. The van der Waals surface area contributed by atoms with E-state index in [4.69, 9.17) is 18.9 Å². The molecule has 1 N–H and O–H groups in total. The van der Waals surface area contributed by atoms with Crippen LogP contribution < -0.4 is 14.8 Å². The number of nitrogens with zero attached hydrogens (tertiary/aromatic N) is 4. The molecule has 0 aliphatic carbocycles. The van der Waals surface area contributed by atoms with Crippen molar-refractivity contribution in [2.45, 2.75) is 45.3 Å². The molecule has 208 valence electrons. The largest absolute Gasteiger partial charge is 0.490 e. The number of ether oxygens (including phenoxy) is 4. The minimum absolute atomic E-state index is 0.124. The predicted molar refractivity (Wildman–Crippen MR) is 138 cm³/mol. The maximum Gasteiger partial charge on any atom is 0.410 e. The molecule has 2 fully saturated rings. The molecule has 39 heavy (non-hydrogen) atoms. The van der Waals surface area contributed by atoms with Gasteiger partial charge in [-0.2, -0.15) is 0 Å². The third-order valence-electron chi connectivity index (χ3n) is 6.31. The molecule has 0 bridgehead atoms. The first kappa shape index (κ1) is 26.8. The van der Waals surface area contributed by atoms with E-state index in [2.05, 4.69) is 20.3 Å². The van der Waals surface area contributed by atoms with Crippen LogP contribution in [0.25, 0.3) is 11.0 Å². The molecule has 0 radical (unpaired) electrons. The Balaban J connectivity index is 1.28. The molecule has 0 saturated carbocycles. The fourth-order valence-electron chi connectivity index (χ4n) is 4.35. The number of halogens is 2. The summed E-state index contributed by atoms with van der Waals surface area (Å²) in [5, 5.41) is 2.82. The normalized spacial score (nSPS) is 19.4. The topological polar surface area (TPSA) is 108 Å². The van der Waals surface area contributed by atoms with Gasteiger partial charge in [-0.25, -0.2) is 28.5 Å². The number of benzene rings is 1. The number of pyridine rings is 1. The van der Waals surface area contributed by atoms with E-state index in [1.165, 1.54) is 6.33 Å². The summed E-state index contributed by atoms with van der Waals surface area (Å²) in [5.41, 5.74) is 0.0977. The van der Waals surface area contributed by atoms with Gasteiger partial charge in [0.15, 0.2) is 23.2 Å². The number of hydrogen-bond acceptors (Lipinski definition) is 9. The molecular weight excluding hydrogens is 512 g/mol. The van der Waals surface area contributed by atoms with E-state index >= 15 is 0 Å². The zero-order valence-corrected chi connectivity index (χ0v) is 22.1. The van der Waals surface area contributed by atoms with Gasteiger partial charge >= 0.3 is 6.09 Å². The molecule has 3 aromatic rings. The Morgan fingerprint density at radius 3 is 2.79 bits per heavy atom. The van der Waals surface area contributed by atoms with Crippen molar-refractivity contribution < 1.29 is 32.5 Å². The number of fused-ring (bicyclic) bond motifs is 1. The lowest BCUT2D eigenvalue weighted by molar-refractivity contribution is 0.0275. The first-order valence-corrected chi connectivity index (χ1v) is 12.9. The van der Waals surface area contributed by atoms with Gasteiger partial charge in [0.1, 0.15) is 23.5 Å². The van der Waals surface area contributed by atoms with Crippen molar-refractivity contribution in [1.29, 1.82) is 0 Å². The third-order valence-corrected chi connectivity index (χ3v) is 6.31. The second-order valence-corrected chi connectivity index (χ2v) is 10.6. The first-order valence-electron chi connectivity index (χ1n) is 12.9. The second kappa shape index (κ2) is 11.1. The number of likely N-dealkylation sites (tertiary alicyclic amines) is 1. The Bertz CT molecular complexity index is 1350. The Morgan fingerprint density at radius 1 is 1.18 bits per heavy atom. The van der Waals surface area contributed by atoms with Crippen LogP contribution >= 0.6 is 0 Å². The van der Waals surface area contributed by atoms with Crippen LogP contribution in [0.3, 0.4) is 0 Å². The number of carbonyl (C=O) groups is 1. The highest BCUT2D eigenvalue weighted by Crippen LogP contribution is 2.30.